The molecule has 2 fully saturated rings. The van der Waals surface area contributed by atoms with Crippen LogP contribution in [0.2, 0.25) is 0 Å². The maximum Gasteiger partial charge on any atom is 0.352 e. The number of carboxylic acids is 1. The Bertz CT molecular complexity index is 400. The van der Waals surface area contributed by atoms with Gasteiger partial charge in [0.05, 0.1) is 0 Å². The fraction of sp³-hybridized carbons (Fsp3) is 0.583. The summed E-state index contributed by atoms with van der Waals surface area (Å²) in [5.74, 6) is 0.0631. The van der Waals surface area contributed by atoms with Crippen LogP contribution in [0.4, 0.5) is 0 Å². The van der Waals surface area contributed by atoms with E-state index >= 15 is 0 Å². The molecule has 0 aromatic carbocycles. The van der Waals surface area contributed by atoms with Crippen LogP contribution in [-0.2, 0) is 6.54 Å². The lowest BCUT2D eigenvalue weighted by Gasteiger charge is -2.16. The molecular formula is C12H15NO2. The van der Waals surface area contributed by atoms with Gasteiger partial charge in [0.2, 0.25) is 0 Å². The molecule has 1 aromatic rings. The molecule has 0 saturated heterocycles. The van der Waals surface area contributed by atoms with Crippen molar-refractivity contribution in [2.45, 2.75) is 32.2 Å². The van der Waals surface area contributed by atoms with Gasteiger partial charge in [0, 0.05) is 12.7 Å². The van der Waals surface area contributed by atoms with Crippen molar-refractivity contribution in [3.63, 3.8) is 0 Å². The van der Waals surface area contributed by atoms with E-state index in [4.69, 9.17) is 5.11 Å². The maximum absolute atomic E-state index is 11.0. The average molecular weight is 205 g/mol. The predicted octanol–water partition coefficient (Wildman–Crippen LogP) is 2.38. The minimum atomic E-state index is -0.813. The van der Waals surface area contributed by atoms with E-state index in [1.54, 1.807) is 6.07 Å². The summed E-state index contributed by atoms with van der Waals surface area (Å²) in [6.07, 6.45) is 7.17. The van der Waals surface area contributed by atoms with E-state index in [1.807, 2.05) is 16.8 Å². The van der Waals surface area contributed by atoms with Gasteiger partial charge in [0.1, 0.15) is 5.69 Å². The molecule has 0 radical (unpaired) electrons. The van der Waals surface area contributed by atoms with Crippen LogP contribution in [0.5, 0.6) is 0 Å². The number of carbonyl (C=O) groups is 1. The lowest BCUT2D eigenvalue weighted by Crippen LogP contribution is -2.17. The summed E-state index contributed by atoms with van der Waals surface area (Å²) in [6, 6.07) is 3.51. The smallest absolute Gasteiger partial charge is 0.352 e. The summed E-state index contributed by atoms with van der Waals surface area (Å²) in [5, 5.41) is 9.01. The molecule has 0 atom stereocenters. The molecule has 2 aliphatic carbocycles. The van der Waals surface area contributed by atoms with Crippen LogP contribution in [-0.4, -0.2) is 15.6 Å². The summed E-state index contributed by atoms with van der Waals surface area (Å²) in [7, 11) is 0. The van der Waals surface area contributed by atoms with Gasteiger partial charge < -0.3 is 9.67 Å². The fourth-order valence-corrected chi connectivity index (χ4v) is 2.64. The van der Waals surface area contributed by atoms with Crippen LogP contribution in [0.15, 0.2) is 18.3 Å². The van der Waals surface area contributed by atoms with E-state index < -0.39 is 5.97 Å². The molecule has 0 amide bonds. The fourth-order valence-electron chi connectivity index (χ4n) is 2.64. The first-order valence-electron chi connectivity index (χ1n) is 5.60. The highest BCUT2D eigenvalue weighted by Crippen LogP contribution is 2.62. The highest BCUT2D eigenvalue weighted by atomic mass is 16.4. The van der Waals surface area contributed by atoms with Gasteiger partial charge in [-0.25, -0.2) is 4.79 Å². The lowest BCUT2D eigenvalue weighted by molar-refractivity contribution is 0.0683. The van der Waals surface area contributed by atoms with Gasteiger partial charge >= 0.3 is 5.97 Å². The molecule has 3 nitrogen and oxygen atoms in total. The number of nitrogens with zero attached hydrogens (tertiary/aromatic N) is 1. The minimum absolute atomic E-state index is 0.432. The van der Waals surface area contributed by atoms with E-state index in [9.17, 15) is 4.79 Å². The Kier molecular flexibility index (Phi) is 1.73. The predicted molar refractivity (Wildman–Crippen MR) is 55.8 cm³/mol. The standard InChI is InChI=1S/C12H15NO2/c14-11(15)10-2-1-7-13(10)8-12(5-6-12)9-3-4-9/h1-2,7,9H,3-6,8H2,(H,14,15). The SMILES string of the molecule is O=C(O)c1cccn1CC1(C2CC2)CC1. The van der Waals surface area contributed by atoms with Crippen molar-refractivity contribution < 1.29 is 9.90 Å². The molecule has 0 aliphatic heterocycles. The van der Waals surface area contributed by atoms with Crippen LogP contribution in [0.3, 0.4) is 0 Å². The van der Waals surface area contributed by atoms with Crippen molar-refractivity contribution in [3.05, 3.63) is 24.0 Å². The summed E-state index contributed by atoms with van der Waals surface area (Å²) in [4.78, 5) is 11.0. The topological polar surface area (TPSA) is 42.2 Å². The molecular weight excluding hydrogens is 190 g/mol. The second-order valence-corrected chi connectivity index (χ2v) is 4.96. The van der Waals surface area contributed by atoms with E-state index in [-0.39, 0.29) is 0 Å². The van der Waals surface area contributed by atoms with Gasteiger partial charge in [-0.1, -0.05) is 0 Å². The van der Waals surface area contributed by atoms with Gasteiger partial charge in [-0.05, 0) is 49.1 Å². The normalized spacial score (nSPS) is 22.7. The van der Waals surface area contributed by atoms with Crippen molar-refractivity contribution in [1.29, 1.82) is 0 Å². The van der Waals surface area contributed by atoms with Gasteiger partial charge in [0.15, 0.2) is 0 Å². The Hall–Kier alpha value is -1.25. The number of aromatic carboxylic acids is 1. The minimum Gasteiger partial charge on any atom is -0.477 e. The van der Waals surface area contributed by atoms with E-state index in [0.717, 1.165) is 12.5 Å². The summed E-state index contributed by atoms with van der Waals surface area (Å²) < 4.78 is 1.91. The summed E-state index contributed by atoms with van der Waals surface area (Å²) >= 11 is 0. The van der Waals surface area contributed by atoms with Crippen molar-refractivity contribution >= 4 is 5.97 Å². The molecule has 3 rings (SSSR count). The van der Waals surface area contributed by atoms with Crippen LogP contribution in [0.25, 0.3) is 0 Å². The number of hydrogen-bond acceptors (Lipinski definition) is 1. The third-order valence-electron chi connectivity index (χ3n) is 3.87. The third kappa shape index (κ3) is 1.46. The first-order chi connectivity index (χ1) is 7.21. The zero-order valence-corrected chi connectivity index (χ0v) is 8.65. The van der Waals surface area contributed by atoms with E-state index in [2.05, 4.69) is 0 Å². The molecule has 0 bridgehead atoms. The maximum atomic E-state index is 11.0. The molecule has 1 N–H and O–H groups in total. The first-order valence-corrected chi connectivity index (χ1v) is 5.60. The van der Waals surface area contributed by atoms with Crippen molar-refractivity contribution in [1.82, 2.24) is 4.57 Å². The summed E-state index contributed by atoms with van der Waals surface area (Å²) in [6.45, 7) is 0.909. The second kappa shape index (κ2) is 2.87. The highest BCUT2D eigenvalue weighted by molar-refractivity contribution is 5.85. The van der Waals surface area contributed by atoms with E-state index in [0.29, 0.717) is 11.1 Å². The third-order valence-corrected chi connectivity index (χ3v) is 3.87. The molecule has 0 unspecified atom stereocenters. The monoisotopic (exact) mass is 205 g/mol. The summed E-state index contributed by atoms with van der Waals surface area (Å²) in [5.41, 5.74) is 0.894. The Morgan fingerprint density at radius 1 is 1.53 bits per heavy atom. The van der Waals surface area contributed by atoms with Crippen LogP contribution in [0.1, 0.15) is 36.2 Å². The quantitative estimate of drug-likeness (QED) is 0.820. The van der Waals surface area contributed by atoms with Crippen LogP contribution < -0.4 is 0 Å². The molecule has 1 heterocycles. The van der Waals surface area contributed by atoms with Gasteiger partial charge in [-0.3, -0.25) is 0 Å². The first kappa shape index (κ1) is 9.01. The number of aromatic nitrogens is 1. The molecule has 80 valence electrons. The Morgan fingerprint density at radius 2 is 2.27 bits per heavy atom. The van der Waals surface area contributed by atoms with Crippen molar-refractivity contribution in [2.24, 2.45) is 11.3 Å². The zero-order chi connectivity index (χ0) is 10.5. The molecule has 0 spiro atoms. The highest BCUT2D eigenvalue weighted by Gasteiger charge is 2.53. The van der Waals surface area contributed by atoms with Gasteiger partial charge in [-0.2, -0.15) is 0 Å². The van der Waals surface area contributed by atoms with Crippen molar-refractivity contribution in [3.8, 4) is 0 Å². The van der Waals surface area contributed by atoms with E-state index in [1.165, 1.54) is 25.7 Å². The molecule has 2 aliphatic rings. The number of rotatable bonds is 4. The van der Waals surface area contributed by atoms with Crippen LogP contribution in [0, 0.1) is 11.3 Å². The van der Waals surface area contributed by atoms with Gasteiger partial charge in [-0.15, -0.1) is 0 Å². The van der Waals surface area contributed by atoms with Gasteiger partial charge in [0.25, 0.3) is 0 Å². The van der Waals surface area contributed by atoms with Crippen LogP contribution >= 0.6 is 0 Å². The number of carboxylic acid groups (broad SMARTS) is 1. The largest absolute Gasteiger partial charge is 0.477 e. The molecule has 1 aromatic heterocycles. The Labute approximate surface area is 88.7 Å². The molecule has 15 heavy (non-hydrogen) atoms. The Morgan fingerprint density at radius 3 is 2.80 bits per heavy atom. The van der Waals surface area contributed by atoms with Crippen molar-refractivity contribution in [2.75, 3.05) is 0 Å². The average Bonchev–Trinajstić information content (AvgIpc) is 3.04. The zero-order valence-electron chi connectivity index (χ0n) is 8.65. The Balaban J connectivity index is 1.81. The molecule has 2 saturated carbocycles. The second-order valence-electron chi connectivity index (χ2n) is 4.96. The number of hydrogen-bond donors (Lipinski definition) is 1. The molecule has 3 heteroatoms. The lowest BCUT2D eigenvalue weighted by atomic mass is 10.0.